The molecule has 0 heterocycles. The van der Waals surface area contributed by atoms with Crippen LogP contribution in [0.15, 0.2) is 24.3 Å². The van der Waals surface area contributed by atoms with Crippen molar-refractivity contribution >= 4 is 6.09 Å². The first kappa shape index (κ1) is 25.8. The van der Waals surface area contributed by atoms with Crippen molar-refractivity contribution in [1.29, 1.82) is 0 Å². The summed E-state index contributed by atoms with van der Waals surface area (Å²) in [5.74, 6) is 5.19. The van der Waals surface area contributed by atoms with Gasteiger partial charge in [-0.25, -0.2) is 4.79 Å². The molecule has 3 saturated carbocycles. The topological polar surface area (TPSA) is 38.3 Å². The fourth-order valence-corrected chi connectivity index (χ4v) is 9.10. The first-order valence-corrected chi connectivity index (χ1v) is 14.4. The van der Waals surface area contributed by atoms with Gasteiger partial charge in [0.25, 0.3) is 0 Å². The lowest BCUT2D eigenvalue weighted by atomic mass is 9.47. The quantitative estimate of drug-likeness (QED) is 0.363. The fraction of sp³-hybridized carbons (Fsp3) is 0.839. The summed E-state index contributed by atoms with van der Waals surface area (Å²) in [7, 11) is 0. The number of carbonyl (C=O) groups is 1. The summed E-state index contributed by atoms with van der Waals surface area (Å²) in [6.45, 7) is 16.6. The highest BCUT2D eigenvalue weighted by molar-refractivity contribution is 5.67. The van der Waals surface area contributed by atoms with E-state index < -0.39 is 0 Å². The number of rotatable bonds is 8. The maximum Gasteiger partial charge on any atom is 0.407 e. The Hall–Kier alpha value is -1.25. The van der Waals surface area contributed by atoms with Crippen LogP contribution >= 0.6 is 0 Å². The molecular formula is C31H51NO2. The molecule has 0 spiro atoms. The Kier molecular flexibility index (Phi) is 7.89. The number of fused-ring (bicyclic) bond motifs is 5. The van der Waals surface area contributed by atoms with Gasteiger partial charge in [0.05, 0.1) is 0 Å². The summed E-state index contributed by atoms with van der Waals surface area (Å²) < 4.78 is 5.76. The van der Waals surface area contributed by atoms with E-state index in [1.807, 2.05) is 0 Å². The van der Waals surface area contributed by atoms with Gasteiger partial charge in [0, 0.05) is 13.0 Å². The van der Waals surface area contributed by atoms with Crippen molar-refractivity contribution in [2.24, 2.45) is 46.3 Å². The van der Waals surface area contributed by atoms with Crippen LogP contribution in [0, 0.1) is 46.3 Å². The normalized spacial score (nSPS) is 39.9. The molecular weight excluding hydrogens is 418 g/mol. The van der Waals surface area contributed by atoms with Gasteiger partial charge < -0.3 is 10.1 Å². The van der Waals surface area contributed by atoms with Crippen molar-refractivity contribution in [3.8, 4) is 0 Å². The minimum absolute atomic E-state index is 0.0251. The van der Waals surface area contributed by atoms with Gasteiger partial charge in [-0.15, -0.1) is 6.58 Å². The fourth-order valence-electron chi connectivity index (χ4n) is 9.10. The van der Waals surface area contributed by atoms with Crippen molar-refractivity contribution in [3.63, 3.8) is 0 Å². The first-order valence-electron chi connectivity index (χ1n) is 14.4. The molecule has 0 bridgehead atoms. The van der Waals surface area contributed by atoms with E-state index in [0.29, 0.717) is 17.4 Å². The Morgan fingerprint density at radius 3 is 2.68 bits per heavy atom. The van der Waals surface area contributed by atoms with Crippen LogP contribution in [-0.4, -0.2) is 18.7 Å². The van der Waals surface area contributed by atoms with Gasteiger partial charge in [-0.1, -0.05) is 71.6 Å². The van der Waals surface area contributed by atoms with E-state index in [1.165, 1.54) is 51.4 Å². The smallest absolute Gasteiger partial charge is 0.407 e. The Bertz CT molecular complexity index is 771. The molecule has 0 radical (unpaired) electrons. The summed E-state index contributed by atoms with van der Waals surface area (Å²) in [4.78, 5) is 12.1. The molecule has 0 aliphatic heterocycles. The van der Waals surface area contributed by atoms with E-state index in [4.69, 9.17) is 4.74 Å². The van der Waals surface area contributed by atoms with E-state index in [-0.39, 0.29) is 12.2 Å². The highest BCUT2D eigenvalue weighted by atomic mass is 16.6. The molecule has 4 aliphatic carbocycles. The summed E-state index contributed by atoms with van der Waals surface area (Å²) in [5, 5.41) is 2.77. The minimum Gasteiger partial charge on any atom is -0.446 e. The average molecular weight is 470 g/mol. The van der Waals surface area contributed by atoms with Crippen LogP contribution < -0.4 is 5.32 Å². The Morgan fingerprint density at radius 2 is 1.94 bits per heavy atom. The van der Waals surface area contributed by atoms with E-state index in [2.05, 4.69) is 52.6 Å². The minimum atomic E-state index is -0.296. The number of alkyl carbamates (subject to hydrolysis) is 1. The predicted molar refractivity (Wildman–Crippen MR) is 142 cm³/mol. The molecule has 3 nitrogen and oxygen atoms in total. The molecule has 1 amide bonds. The number of ether oxygens (including phenoxy) is 1. The van der Waals surface area contributed by atoms with Crippen LogP contribution in [0.4, 0.5) is 4.79 Å². The molecule has 4 unspecified atom stereocenters. The van der Waals surface area contributed by atoms with Gasteiger partial charge in [0.15, 0.2) is 0 Å². The van der Waals surface area contributed by atoms with E-state index in [9.17, 15) is 4.79 Å². The molecule has 8 atom stereocenters. The molecule has 1 N–H and O–H groups in total. The van der Waals surface area contributed by atoms with Gasteiger partial charge in [-0.2, -0.15) is 0 Å². The van der Waals surface area contributed by atoms with Crippen molar-refractivity contribution in [3.05, 3.63) is 24.3 Å². The number of hydrogen-bond acceptors (Lipinski definition) is 2. The lowest BCUT2D eigenvalue weighted by Gasteiger charge is -2.58. The van der Waals surface area contributed by atoms with Gasteiger partial charge in [0.1, 0.15) is 6.10 Å². The summed E-state index contributed by atoms with van der Waals surface area (Å²) in [5.41, 5.74) is 2.44. The SMILES string of the molecule is C=CCNC(=O)OC1CC[C@@]2(C)C(=CCC3C2CC[C@@]2(C)C3CC[C@@H]2[C@H](C)CCCC(C)C)C1. The van der Waals surface area contributed by atoms with Gasteiger partial charge in [0.2, 0.25) is 0 Å². The van der Waals surface area contributed by atoms with Crippen molar-refractivity contribution in [2.75, 3.05) is 6.54 Å². The Balaban J connectivity index is 1.42. The summed E-state index contributed by atoms with van der Waals surface area (Å²) >= 11 is 0. The van der Waals surface area contributed by atoms with Crippen molar-refractivity contribution < 1.29 is 9.53 Å². The Labute approximate surface area is 209 Å². The molecule has 3 fully saturated rings. The van der Waals surface area contributed by atoms with Crippen LogP contribution in [0.2, 0.25) is 0 Å². The van der Waals surface area contributed by atoms with Crippen molar-refractivity contribution in [2.45, 2.75) is 111 Å². The average Bonchev–Trinajstić information content (AvgIpc) is 3.15. The summed E-state index contributed by atoms with van der Waals surface area (Å²) in [6, 6.07) is 0. The third-order valence-corrected chi connectivity index (χ3v) is 10.9. The predicted octanol–water partition coefficient (Wildman–Crippen LogP) is 8.31. The van der Waals surface area contributed by atoms with E-state index >= 15 is 0 Å². The van der Waals surface area contributed by atoms with E-state index in [1.54, 1.807) is 11.6 Å². The zero-order chi connectivity index (χ0) is 24.5. The maximum absolute atomic E-state index is 12.1. The number of amides is 1. The standard InChI is InChI=1S/C31H51NO2/c1-7-19-32-29(33)34-24-15-17-30(5)23(20-24)11-12-25-27-14-13-26(22(4)10-8-9-21(2)3)31(27,6)18-16-28(25)30/h7,11,21-22,24-28H,1,8-10,12-20H2,2-6H3,(H,32,33)/t22-,24?,25?,26-,27?,28?,30+,31-/m1/s1. The van der Waals surface area contributed by atoms with E-state index in [0.717, 1.165) is 54.8 Å². The van der Waals surface area contributed by atoms with Gasteiger partial charge in [-0.3, -0.25) is 0 Å². The zero-order valence-corrected chi connectivity index (χ0v) is 22.7. The largest absolute Gasteiger partial charge is 0.446 e. The second-order valence-corrected chi connectivity index (χ2v) is 13.2. The highest BCUT2D eigenvalue weighted by Gasteiger charge is 2.59. The van der Waals surface area contributed by atoms with Crippen LogP contribution in [-0.2, 0) is 4.74 Å². The molecule has 0 aromatic rings. The van der Waals surface area contributed by atoms with Crippen molar-refractivity contribution in [1.82, 2.24) is 5.32 Å². The number of carbonyl (C=O) groups excluding carboxylic acids is 1. The highest BCUT2D eigenvalue weighted by Crippen LogP contribution is 2.67. The molecule has 3 heteroatoms. The molecule has 192 valence electrons. The number of hydrogen-bond donors (Lipinski definition) is 1. The maximum atomic E-state index is 12.1. The Morgan fingerprint density at radius 1 is 1.15 bits per heavy atom. The monoisotopic (exact) mass is 469 g/mol. The zero-order valence-electron chi connectivity index (χ0n) is 22.7. The first-order chi connectivity index (χ1) is 16.2. The van der Waals surface area contributed by atoms with Crippen LogP contribution in [0.25, 0.3) is 0 Å². The molecule has 0 saturated heterocycles. The third kappa shape index (κ3) is 4.87. The lowest BCUT2D eigenvalue weighted by molar-refractivity contribution is -0.0581. The molecule has 0 aromatic heterocycles. The number of allylic oxidation sites excluding steroid dienone is 1. The molecule has 0 aromatic carbocycles. The summed E-state index contributed by atoms with van der Waals surface area (Å²) in [6.07, 6.45) is 18.3. The second kappa shape index (κ2) is 10.4. The van der Waals surface area contributed by atoms with Crippen LogP contribution in [0.1, 0.15) is 105 Å². The molecule has 4 aliphatic rings. The second-order valence-electron chi connectivity index (χ2n) is 13.2. The molecule has 34 heavy (non-hydrogen) atoms. The van der Waals surface area contributed by atoms with Crippen LogP contribution in [0.5, 0.6) is 0 Å². The third-order valence-electron chi connectivity index (χ3n) is 10.9. The lowest BCUT2D eigenvalue weighted by Crippen LogP contribution is -2.51. The van der Waals surface area contributed by atoms with Crippen LogP contribution in [0.3, 0.4) is 0 Å². The van der Waals surface area contributed by atoms with Gasteiger partial charge in [-0.05, 0) is 91.3 Å². The molecule has 4 rings (SSSR count). The number of nitrogens with one attached hydrogen (secondary N) is 1. The van der Waals surface area contributed by atoms with Gasteiger partial charge >= 0.3 is 6.09 Å².